The lowest BCUT2D eigenvalue weighted by molar-refractivity contribution is 0.443. The third kappa shape index (κ3) is 2.58. The molecule has 2 N–H and O–H groups in total. The van der Waals surface area contributed by atoms with Crippen LogP contribution in [0.2, 0.25) is 0 Å². The number of nitrogens with two attached hydrogens (primary N) is 1. The predicted molar refractivity (Wildman–Crippen MR) is 72.1 cm³/mol. The summed E-state index contributed by atoms with van der Waals surface area (Å²) in [6, 6.07) is 6.75. The van der Waals surface area contributed by atoms with Crippen LogP contribution in [0.1, 0.15) is 48.4 Å². The van der Waals surface area contributed by atoms with E-state index in [4.69, 9.17) is 5.73 Å². The van der Waals surface area contributed by atoms with E-state index in [1.54, 1.807) is 0 Å². The first-order valence-electron chi connectivity index (χ1n) is 6.02. The van der Waals surface area contributed by atoms with Crippen molar-refractivity contribution in [1.82, 2.24) is 0 Å². The van der Waals surface area contributed by atoms with Crippen molar-refractivity contribution in [3.8, 4) is 0 Å². The van der Waals surface area contributed by atoms with Crippen molar-refractivity contribution in [2.24, 2.45) is 11.7 Å². The normalized spacial score (nSPS) is 18.2. The Morgan fingerprint density at radius 1 is 1.19 bits per heavy atom. The first-order chi connectivity index (χ1) is 7.20. The second-order valence-electron chi connectivity index (χ2n) is 4.86. The highest BCUT2D eigenvalue weighted by Gasteiger charge is 2.24. The summed E-state index contributed by atoms with van der Waals surface area (Å²) >= 11 is 0. The molecule has 1 aromatic rings. The van der Waals surface area contributed by atoms with Gasteiger partial charge in [0.2, 0.25) is 0 Å². The van der Waals surface area contributed by atoms with Crippen LogP contribution in [0.25, 0.3) is 0 Å². The molecule has 0 saturated heterocycles. The van der Waals surface area contributed by atoms with Gasteiger partial charge in [-0.1, -0.05) is 31.0 Å². The first-order valence-corrected chi connectivity index (χ1v) is 6.02. The standard InChI is InChI=1S/C14H21N.ClH/c1-10-6-5-9-13(11(10)2)14(15)12-7-3-4-8-12;/h5-6,9,12,14H,3-4,7-8,15H2,1-2H3;1H/t14-;/m0./s1. The maximum absolute atomic E-state index is 6.37. The fraction of sp³-hybridized carbons (Fsp3) is 0.571. The lowest BCUT2D eigenvalue weighted by atomic mass is 9.88. The maximum atomic E-state index is 6.37. The summed E-state index contributed by atoms with van der Waals surface area (Å²) in [5, 5.41) is 0. The van der Waals surface area contributed by atoms with Crippen LogP contribution in [0.4, 0.5) is 0 Å². The summed E-state index contributed by atoms with van der Waals surface area (Å²) in [5.74, 6) is 0.713. The van der Waals surface area contributed by atoms with Crippen LogP contribution in [0, 0.1) is 19.8 Å². The fourth-order valence-electron chi connectivity index (χ4n) is 2.71. The molecular formula is C14H22ClN. The van der Waals surface area contributed by atoms with Crippen LogP contribution >= 0.6 is 12.4 Å². The minimum absolute atomic E-state index is 0. The van der Waals surface area contributed by atoms with Crippen LogP contribution in [-0.4, -0.2) is 0 Å². The minimum Gasteiger partial charge on any atom is -0.324 e. The highest BCUT2D eigenvalue weighted by atomic mass is 35.5. The Morgan fingerprint density at radius 3 is 2.44 bits per heavy atom. The van der Waals surface area contributed by atoms with Gasteiger partial charge < -0.3 is 5.73 Å². The molecule has 0 unspecified atom stereocenters. The highest BCUT2D eigenvalue weighted by Crippen LogP contribution is 2.35. The van der Waals surface area contributed by atoms with E-state index >= 15 is 0 Å². The van der Waals surface area contributed by atoms with Crippen molar-refractivity contribution in [2.45, 2.75) is 45.6 Å². The topological polar surface area (TPSA) is 26.0 Å². The fourth-order valence-corrected chi connectivity index (χ4v) is 2.71. The van der Waals surface area contributed by atoms with Gasteiger partial charge in [-0.25, -0.2) is 0 Å². The molecule has 0 heterocycles. The highest BCUT2D eigenvalue weighted by molar-refractivity contribution is 5.85. The van der Waals surface area contributed by atoms with Gasteiger partial charge in [-0.3, -0.25) is 0 Å². The number of hydrogen-bond acceptors (Lipinski definition) is 1. The van der Waals surface area contributed by atoms with Crippen molar-refractivity contribution in [3.05, 3.63) is 34.9 Å². The molecule has 16 heavy (non-hydrogen) atoms. The number of rotatable bonds is 2. The SMILES string of the molecule is Cc1cccc([C@@H](N)C2CCCC2)c1C.Cl. The Balaban J connectivity index is 0.00000128. The molecule has 1 saturated carbocycles. The average Bonchev–Trinajstić information content (AvgIpc) is 2.74. The van der Waals surface area contributed by atoms with Gasteiger partial charge in [0.1, 0.15) is 0 Å². The monoisotopic (exact) mass is 239 g/mol. The Labute approximate surface area is 105 Å². The van der Waals surface area contributed by atoms with Gasteiger partial charge in [0.05, 0.1) is 0 Å². The number of hydrogen-bond donors (Lipinski definition) is 1. The molecule has 1 nitrogen and oxygen atoms in total. The van der Waals surface area contributed by atoms with Crippen LogP contribution in [0.15, 0.2) is 18.2 Å². The third-order valence-electron chi connectivity index (χ3n) is 3.91. The van der Waals surface area contributed by atoms with Crippen molar-refractivity contribution in [3.63, 3.8) is 0 Å². The van der Waals surface area contributed by atoms with Gasteiger partial charge in [-0.15, -0.1) is 12.4 Å². The van der Waals surface area contributed by atoms with Crippen LogP contribution < -0.4 is 5.73 Å². The molecule has 1 aliphatic carbocycles. The van der Waals surface area contributed by atoms with Gasteiger partial charge in [0, 0.05) is 6.04 Å². The van der Waals surface area contributed by atoms with Crippen LogP contribution in [-0.2, 0) is 0 Å². The number of halogens is 1. The quantitative estimate of drug-likeness (QED) is 0.832. The maximum Gasteiger partial charge on any atom is 0.0326 e. The number of benzene rings is 1. The van der Waals surface area contributed by atoms with Crippen molar-refractivity contribution in [2.75, 3.05) is 0 Å². The molecule has 1 aromatic carbocycles. The van der Waals surface area contributed by atoms with Gasteiger partial charge in [0.15, 0.2) is 0 Å². The van der Waals surface area contributed by atoms with Crippen molar-refractivity contribution >= 4 is 12.4 Å². The summed E-state index contributed by atoms with van der Waals surface area (Å²) in [6.45, 7) is 4.36. The van der Waals surface area contributed by atoms with Gasteiger partial charge in [-0.2, -0.15) is 0 Å². The summed E-state index contributed by atoms with van der Waals surface area (Å²) < 4.78 is 0. The van der Waals surface area contributed by atoms with Gasteiger partial charge in [-0.05, 0) is 49.3 Å². The van der Waals surface area contributed by atoms with E-state index in [0.29, 0.717) is 5.92 Å². The molecule has 0 spiro atoms. The molecular weight excluding hydrogens is 218 g/mol. The largest absolute Gasteiger partial charge is 0.324 e. The molecule has 2 rings (SSSR count). The summed E-state index contributed by atoms with van der Waals surface area (Å²) in [6.07, 6.45) is 5.36. The van der Waals surface area contributed by atoms with E-state index in [-0.39, 0.29) is 18.4 Å². The van der Waals surface area contributed by atoms with Crippen LogP contribution in [0.5, 0.6) is 0 Å². The molecule has 0 aliphatic heterocycles. The zero-order chi connectivity index (χ0) is 10.8. The van der Waals surface area contributed by atoms with E-state index < -0.39 is 0 Å². The first kappa shape index (κ1) is 13.5. The molecule has 0 amide bonds. The van der Waals surface area contributed by atoms with Crippen molar-refractivity contribution < 1.29 is 0 Å². The summed E-state index contributed by atoms with van der Waals surface area (Å²) in [5.41, 5.74) is 10.5. The molecule has 0 aromatic heterocycles. The summed E-state index contributed by atoms with van der Waals surface area (Å²) in [7, 11) is 0. The Kier molecular flexibility index (Phi) is 4.82. The molecule has 90 valence electrons. The molecule has 2 heteroatoms. The second kappa shape index (κ2) is 5.70. The smallest absolute Gasteiger partial charge is 0.0326 e. The average molecular weight is 240 g/mol. The molecule has 1 fully saturated rings. The van der Waals surface area contributed by atoms with E-state index in [1.165, 1.54) is 42.4 Å². The number of aryl methyl sites for hydroxylation is 1. The lowest BCUT2D eigenvalue weighted by Gasteiger charge is -2.22. The van der Waals surface area contributed by atoms with E-state index in [2.05, 4.69) is 32.0 Å². The Bertz CT molecular complexity index is 343. The Morgan fingerprint density at radius 2 is 1.81 bits per heavy atom. The molecule has 1 atom stereocenters. The second-order valence-corrected chi connectivity index (χ2v) is 4.86. The van der Waals surface area contributed by atoms with Crippen molar-refractivity contribution in [1.29, 1.82) is 0 Å². The Hall–Kier alpha value is -0.530. The summed E-state index contributed by atoms with van der Waals surface area (Å²) in [4.78, 5) is 0. The van der Waals surface area contributed by atoms with E-state index in [9.17, 15) is 0 Å². The third-order valence-corrected chi connectivity index (χ3v) is 3.91. The zero-order valence-corrected chi connectivity index (χ0v) is 11.0. The molecule has 0 radical (unpaired) electrons. The zero-order valence-electron chi connectivity index (χ0n) is 10.2. The van der Waals surface area contributed by atoms with Gasteiger partial charge in [0.25, 0.3) is 0 Å². The van der Waals surface area contributed by atoms with Crippen LogP contribution in [0.3, 0.4) is 0 Å². The minimum atomic E-state index is 0. The van der Waals surface area contributed by atoms with E-state index in [1.807, 2.05) is 0 Å². The molecule has 0 bridgehead atoms. The lowest BCUT2D eigenvalue weighted by Crippen LogP contribution is -2.20. The van der Waals surface area contributed by atoms with Gasteiger partial charge >= 0.3 is 0 Å². The van der Waals surface area contributed by atoms with E-state index in [0.717, 1.165) is 0 Å². The molecule has 1 aliphatic rings. The predicted octanol–water partition coefficient (Wildman–Crippen LogP) is 3.92.